The Balaban J connectivity index is 2.16. The summed E-state index contributed by atoms with van der Waals surface area (Å²) in [4.78, 5) is 16.2. The highest BCUT2D eigenvalue weighted by Gasteiger charge is 2.48. The van der Waals surface area contributed by atoms with Crippen LogP contribution in [0.1, 0.15) is 11.3 Å². The molecule has 1 aromatic carbocycles. The standard InChI is InChI=1S/C17H10F6N2O4S/c1-9-6-7-25-12(8-9)24-14(16(18,19)20)13(15(25)26)10-2-4-11(5-3-10)29-30(27,28)17(21,22)23/h2-8H,1H3. The van der Waals surface area contributed by atoms with Gasteiger partial charge >= 0.3 is 21.8 Å². The molecule has 0 atom stereocenters. The fraction of sp³-hybridized carbons (Fsp3) is 0.176. The van der Waals surface area contributed by atoms with Crippen LogP contribution in [0.3, 0.4) is 0 Å². The molecule has 2 heterocycles. The van der Waals surface area contributed by atoms with Crippen molar-refractivity contribution in [3.63, 3.8) is 0 Å². The van der Waals surface area contributed by atoms with Crippen LogP contribution in [0.15, 0.2) is 47.4 Å². The van der Waals surface area contributed by atoms with Crippen molar-refractivity contribution in [2.24, 2.45) is 0 Å². The molecule has 13 heteroatoms. The van der Waals surface area contributed by atoms with E-state index in [4.69, 9.17) is 0 Å². The Morgan fingerprint density at radius 2 is 1.60 bits per heavy atom. The van der Waals surface area contributed by atoms with E-state index in [1.807, 2.05) is 0 Å². The lowest BCUT2D eigenvalue weighted by Gasteiger charge is -2.14. The summed E-state index contributed by atoms with van der Waals surface area (Å²) < 4.78 is 105. The average molecular weight is 452 g/mol. The second-order valence-electron chi connectivity index (χ2n) is 6.08. The highest BCUT2D eigenvalue weighted by molar-refractivity contribution is 7.88. The van der Waals surface area contributed by atoms with Crippen molar-refractivity contribution in [3.05, 3.63) is 64.2 Å². The molecular formula is C17H10F6N2O4S. The van der Waals surface area contributed by atoms with E-state index in [1.54, 1.807) is 6.92 Å². The van der Waals surface area contributed by atoms with Gasteiger partial charge in [0.25, 0.3) is 5.56 Å². The number of pyridine rings is 1. The fourth-order valence-corrected chi connectivity index (χ4v) is 3.02. The molecule has 0 fully saturated rings. The second kappa shape index (κ2) is 7.00. The van der Waals surface area contributed by atoms with Crippen molar-refractivity contribution >= 4 is 15.8 Å². The van der Waals surface area contributed by atoms with Crippen molar-refractivity contribution in [2.45, 2.75) is 18.6 Å². The van der Waals surface area contributed by atoms with E-state index in [0.29, 0.717) is 17.7 Å². The third-order valence-corrected chi connectivity index (χ3v) is 4.87. The quantitative estimate of drug-likeness (QED) is 0.342. The first kappa shape index (κ1) is 21.6. The molecule has 0 radical (unpaired) electrons. The zero-order chi connectivity index (χ0) is 22.5. The van der Waals surface area contributed by atoms with Crippen LogP contribution < -0.4 is 9.74 Å². The lowest BCUT2D eigenvalue weighted by Crippen LogP contribution is -2.28. The van der Waals surface area contributed by atoms with Gasteiger partial charge in [-0.15, -0.1) is 0 Å². The topological polar surface area (TPSA) is 77.7 Å². The Labute approximate surface area is 164 Å². The molecule has 0 aliphatic heterocycles. The van der Waals surface area contributed by atoms with E-state index in [9.17, 15) is 39.6 Å². The van der Waals surface area contributed by atoms with Gasteiger partial charge in [0.05, 0.1) is 5.56 Å². The summed E-state index contributed by atoms with van der Waals surface area (Å²) in [7, 11) is -5.96. The van der Waals surface area contributed by atoms with E-state index in [-0.39, 0.29) is 11.2 Å². The van der Waals surface area contributed by atoms with E-state index in [2.05, 4.69) is 9.17 Å². The number of fused-ring (bicyclic) bond motifs is 1. The Bertz CT molecular complexity index is 1280. The van der Waals surface area contributed by atoms with Crippen molar-refractivity contribution in [1.82, 2.24) is 9.38 Å². The SMILES string of the molecule is Cc1ccn2c(=O)c(-c3ccc(OS(=O)(=O)C(F)(F)F)cc3)c(C(F)(F)F)nc2c1. The number of benzene rings is 1. The molecule has 0 spiro atoms. The zero-order valence-corrected chi connectivity index (χ0v) is 15.6. The van der Waals surface area contributed by atoms with Gasteiger partial charge in [-0.1, -0.05) is 12.1 Å². The minimum atomic E-state index is -5.96. The van der Waals surface area contributed by atoms with Gasteiger partial charge in [-0.25, -0.2) is 4.98 Å². The first-order chi connectivity index (χ1) is 13.7. The van der Waals surface area contributed by atoms with Crippen LogP contribution in [0.4, 0.5) is 26.3 Å². The van der Waals surface area contributed by atoms with Crippen LogP contribution >= 0.6 is 0 Å². The number of nitrogens with zero attached hydrogens (tertiary/aromatic N) is 2. The molecule has 0 saturated carbocycles. The maximum atomic E-state index is 13.5. The molecule has 0 N–H and O–H groups in total. The van der Waals surface area contributed by atoms with Gasteiger partial charge in [-0.2, -0.15) is 34.8 Å². The molecule has 0 aliphatic carbocycles. The van der Waals surface area contributed by atoms with E-state index in [1.165, 1.54) is 18.3 Å². The zero-order valence-electron chi connectivity index (χ0n) is 14.7. The minimum absolute atomic E-state index is 0.243. The number of aryl methyl sites for hydroxylation is 1. The minimum Gasteiger partial charge on any atom is -0.376 e. The van der Waals surface area contributed by atoms with Gasteiger partial charge in [0.1, 0.15) is 11.4 Å². The third-order valence-electron chi connectivity index (χ3n) is 3.89. The molecule has 160 valence electrons. The lowest BCUT2D eigenvalue weighted by molar-refractivity contribution is -0.140. The summed E-state index contributed by atoms with van der Waals surface area (Å²) in [5.74, 6) is -0.797. The van der Waals surface area contributed by atoms with Crippen molar-refractivity contribution in [2.75, 3.05) is 0 Å². The molecule has 0 saturated heterocycles. The molecule has 3 rings (SSSR count). The number of alkyl halides is 6. The summed E-state index contributed by atoms with van der Waals surface area (Å²) in [6.07, 6.45) is -3.78. The molecule has 0 amide bonds. The Morgan fingerprint density at radius 1 is 1.00 bits per heavy atom. The van der Waals surface area contributed by atoms with Crippen LogP contribution in [0.25, 0.3) is 16.8 Å². The van der Waals surface area contributed by atoms with Crippen LogP contribution in [0.5, 0.6) is 5.75 Å². The molecule has 0 aliphatic rings. The molecule has 3 aromatic rings. The van der Waals surface area contributed by atoms with E-state index < -0.39 is 44.4 Å². The monoisotopic (exact) mass is 452 g/mol. The summed E-state index contributed by atoms with van der Waals surface area (Å²) >= 11 is 0. The molecular weight excluding hydrogens is 442 g/mol. The molecule has 30 heavy (non-hydrogen) atoms. The maximum absolute atomic E-state index is 13.5. The smallest absolute Gasteiger partial charge is 0.376 e. The lowest BCUT2D eigenvalue weighted by atomic mass is 10.0. The van der Waals surface area contributed by atoms with Gasteiger partial charge in [0.2, 0.25) is 0 Å². The number of hydrogen-bond donors (Lipinski definition) is 0. The average Bonchev–Trinajstić information content (AvgIpc) is 2.60. The van der Waals surface area contributed by atoms with Crippen molar-refractivity contribution in [1.29, 1.82) is 0 Å². The van der Waals surface area contributed by atoms with Crippen molar-refractivity contribution < 1.29 is 38.9 Å². The molecule has 0 bridgehead atoms. The first-order valence-corrected chi connectivity index (χ1v) is 9.33. The van der Waals surface area contributed by atoms with Crippen LogP contribution in [0, 0.1) is 6.92 Å². The Kier molecular flexibility index (Phi) is 5.05. The predicted molar refractivity (Wildman–Crippen MR) is 92.2 cm³/mol. The van der Waals surface area contributed by atoms with Crippen LogP contribution in [0.2, 0.25) is 0 Å². The number of hydrogen-bond acceptors (Lipinski definition) is 5. The summed E-state index contributed by atoms with van der Waals surface area (Å²) in [5.41, 5.74) is -9.12. The largest absolute Gasteiger partial charge is 0.534 e. The van der Waals surface area contributed by atoms with Crippen LogP contribution in [-0.2, 0) is 16.3 Å². The Hall–Kier alpha value is -3.09. The van der Waals surface area contributed by atoms with Gasteiger partial charge in [0, 0.05) is 6.20 Å². The second-order valence-corrected chi connectivity index (χ2v) is 7.62. The van der Waals surface area contributed by atoms with Gasteiger partial charge < -0.3 is 4.18 Å². The van der Waals surface area contributed by atoms with Gasteiger partial charge in [-0.05, 0) is 42.3 Å². The highest BCUT2D eigenvalue weighted by Crippen LogP contribution is 2.35. The van der Waals surface area contributed by atoms with E-state index in [0.717, 1.165) is 16.5 Å². The first-order valence-electron chi connectivity index (χ1n) is 7.92. The molecule has 2 aromatic heterocycles. The fourth-order valence-electron chi connectivity index (χ4n) is 2.56. The molecule has 0 unspecified atom stereocenters. The predicted octanol–water partition coefficient (Wildman–Crippen LogP) is 3.92. The number of rotatable bonds is 3. The number of halogens is 6. The number of aromatic nitrogens is 2. The Morgan fingerprint density at radius 3 is 2.13 bits per heavy atom. The van der Waals surface area contributed by atoms with Gasteiger partial charge in [-0.3, -0.25) is 9.20 Å². The summed E-state index contributed by atoms with van der Waals surface area (Å²) in [6, 6.07) is 5.81. The summed E-state index contributed by atoms with van der Waals surface area (Å²) in [6.45, 7) is 1.60. The van der Waals surface area contributed by atoms with E-state index >= 15 is 0 Å². The molecule has 6 nitrogen and oxygen atoms in total. The van der Waals surface area contributed by atoms with Gasteiger partial charge in [0.15, 0.2) is 5.69 Å². The van der Waals surface area contributed by atoms with Crippen molar-refractivity contribution in [3.8, 4) is 16.9 Å². The van der Waals surface area contributed by atoms with Crippen LogP contribution in [-0.4, -0.2) is 23.3 Å². The normalized spacial score (nSPS) is 12.9. The maximum Gasteiger partial charge on any atom is 0.534 e. The summed E-state index contributed by atoms with van der Waals surface area (Å²) in [5, 5.41) is 0. The highest BCUT2D eigenvalue weighted by atomic mass is 32.2. The third kappa shape index (κ3) is 3.97.